The number of carboxylic acid groups (broad SMARTS) is 1. The Kier molecular flexibility index (Phi) is 15.3. The summed E-state index contributed by atoms with van der Waals surface area (Å²) < 4.78 is 525. The fraction of sp³-hybridized carbons (Fsp3) is 0.950. The van der Waals surface area contributed by atoms with Crippen molar-refractivity contribution < 1.29 is 233 Å². The molecule has 0 aromatic rings. The molecule has 0 radical (unpaired) electrons. The molecule has 0 unspecified atom stereocenters. The summed E-state index contributed by atoms with van der Waals surface area (Å²) >= 11 is 0. The van der Waals surface area contributed by atoms with Gasteiger partial charge in [-0.05, 0) is 0 Å². The first-order valence-corrected chi connectivity index (χ1v) is 12.5. The molecule has 42 heteroatoms. The molecule has 0 aromatic heterocycles. The van der Waals surface area contributed by atoms with Crippen LogP contribution in [0.15, 0.2) is 0 Å². The molecule has 0 saturated carbocycles. The van der Waals surface area contributed by atoms with Gasteiger partial charge in [-0.15, -0.1) is 0 Å². The van der Waals surface area contributed by atoms with Crippen molar-refractivity contribution in [2.75, 3.05) is 0 Å². The monoisotopic (exact) mass is 1050 g/mol. The molecule has 62 heavy (non-hydrogen) atoms. The van der Waals surface area contributed by atoms with Crippen molar-refractivity contribution in [3.05, 3.63) is 0 Å². The molecule has 0 aromatic carbocycles. The van der Waals surface area contributed by atoms with E-state index in [0.717, 1.165) is 0 Å². The van der Waals surface area contributed by atoms with Gasteiger partial charge >= 0.3 is 164 Å². The summed E-state index contributed by atoms with van der Waals surface area (Å²) in [7, 11) is 0. The van der Waals surface area contributed by atoms with Crippen LogP contribution in [0.2, 0.25) is 0 Å². The fourth-order valence-corrected chi connectivity index (χ4v) is 3.46. The van der Waals surface area contributed by atoms with Crippen molar-refractivity contribution >= 4 is 5.97 Å². The van der Waals surface area contributed by atoms with Gasteiger partial charge in [0.15, 0.2) is 0 Å². The SMILES string of the molecule is O=C([O-])C(F)(F)C(F)(F)C(F)(F)C(F)(F)C(F)(F)C(F)(F)C(F)(F)C(F)(F)C(F)(F)C(F)(F)C(F)(F)C(F)(F)C(F)(F)C(F)(F)C(F)(F)C(F)(F)C(F)(F)C(F)(F)C(F)(F)F.[K+]. The summed E-state index contributed by atoms with van der Waals surface area (Å²) in [5.41, 5.74) is 0. The van der Waals surface area contributed by atoms with Crippen LogP contribution in [0.1, 0.15) is 0 Å². The van der Waals surface area contributed by atoms with E-state index in [-0.39, 0.29) is 51.4 Å². The number of hydrogen-bond acceptors (Lipinski definition) is 2. The Morgan fingerprint density at radius 1 is 0.210 bits per heavy atom. The van der Waals surface area contributed by atoms with Crippen LogP contribution in [0.3, 0.4) is 0 Å². The number of hydrogen-bond donors (Lipinski definition) is 0. The van der Waals surface area contributed by atoms with Gasteiger partial charge in [-0.1, -0.05) is 0 Å². The van der Waals surface area contributed by atoms with Gasteiger partial charge in [-0.3, -0.25) is 0 Å². The smallest absolute Gasteiger partial charge is 0.544 e. The van der Waals surface area contributed by atoms with Crippen LogP contribution in [0.4, 0.5) is 171 Å². The minimum atomic E-state index is -10.6. The van der Waals surface area contributed by atoms with E-state index < -0.39 is 119 Å². The molecule has 0 N–H and O–H groups in total. The normalized spacial score (nSPS) is 17.0. The minimum absolute atomic E-state index is 0. The van der Waals surface area contributed by atoms with Gasteiger partial charge in [0.2, 0.25) is 0 Å². The molecule has 2 nitrogen and oxygen atoms in total. The van der Waals surface area contributed by atoms with Crippen LogP contribution in [-0.2, 0) is 4.79 Å². The molecular formula is C20F39KO2. The molecule has 0 bridgehead atoms. The van der Waals surface area contributed by atoms with E-state index in [1.807, 2.05) is 0 Å². The van der Waals surface area contributed by atoms with Crippen LogP contribution in [0.25, 0.3) is 0 Å². The van der Waals surface area contributed by atoms with Gasteiger partial charge in [0, 0.05) is 0 Å². The van der Waals surface area contributed by atoms with Gasteiger partial charge in [0.25, 0.3) is 0 Å². The molecule has 0 fully saturated rings. The molecule has 366 valence electrons. The van der Waals surface area contributed by atoms with Crippen LogP contribution in [0.5, 0.6) is 0 Å². The molecule has 0 spiro atoms. The second-order valence-corrected chi connectivity index (χ2v) is 11.1. The van der Waals surface area contributed by atoms with Gasteiger partial charge in [0.1, 0.15) is 5.97 Å². The Bertz CT molecular complexity index is 1650. The number of carbonyl (C=O) groups excluding carboxylic acids is 1. The van der Waals surface area contributed by atoms with Crippen LogP contribution >= 0.6 is 0 Å². The fourth-order valence-electron chi connectivity index (χ4n) is 3.46. The first kappa shape index (κ1) is 62.5. The Morgan fingerprint density at radius 3 is 0.403 bits per heavy atom. The summed E-state index contributed by atoms with van der Waals surface area (Å²) in [6.07, 6.45) is -8.51. The second-order valence-electron chi connectivity index (χ2n) is 11.1. The Labute approximate surface area is 350 Å². The maximum absolute atomic E-state index is 13.9. The Morgan fingerprint density at radius 2 is 0.306 bits per heavy atom. The second kappa shape index (κ2) is 15.2. The van der Waals surface area contributed by atoms with E-state index in [9.17, 15) is 181 Å². The number of alkyl halides is 39. The largest absolute Gasteiger partial charge is 1.00 e. The van der Waals surface area contributed by atoms with Crippen LogP contribution in [0, 0.1) is 0 Å². The molecule has 0 amide bonds. The van der Waals surface area contributed by atoms with Crippen molar-refractivity contribution in [1.82, 2.24) is 0 Å². The third kappa shape index (κ3) is 6.94. The molecule has 0 rings (SSSR count). The van der Waals surface area contributed by atoms with Crippen LogP contribution in [-0.4, -0.2) is 119 Å². The van der Waals surface area contributed by atoms with E-state index in [0.29, 0.717) is 0 Å². The first-order valence-electron chi connectivity index (χ1n) is 12.5. The average Bonchev–Trinajstić information content (AvgIpc) is 3.02. The van der Waals surface area contributed by atoms with Gasteiger partial charge in [-0.25, -0.2) is 0 Å². The van der Waals surface area contributed by atoms with Crippen molar-refractivity contribution in [3.8, 4) is 0 Å². The van der Waals surface area contributed by atoms with E-state index >= 15 is 0 Å². The quantitative estimate of drug-likeness (QED) is 0.104. The summed E-state index contributed by atoms with van der Waals surface area (Å²) in [5, 5.41) is 9.86. The van der Waals surface area contributed by atoms with Crippen molar-refractivity contribution in [2.24, 2.45) is 0 Å². The van der Waals surface area contributed by atoms with E-state index in [1.165, 1.54) is 0 Å². The standard InChI is InChI=1S/C20HF39O2.K/c21-2(22,1(60)61)3(23,24)4(25,26)5(27,28)6(29,30)7(31,32)8(33,34)9(35,36)10(37,38)11(39,40)12(41,42)13(43,44)14(45,46)15(47,48)16(49,50)17(51,52)18(53,54)19(55,56)20(57,58)59;/h(H,60,61);/q;+1/p-1. The summed E-state index contributed by atoms with van der Waals surface area (Å²) in [4.78, 5) is 9.86. The molecule has 0 heterocycles. The molecule has 0 aliphatic rings. The third-order valence-electron chi connectivity index (χ3n) is 7.32. The average molecular weight is 1050 g/mol. The molecule has 0 saturated heterocycles. The van der Waals surface area contributed by atoms with Crippen molar-refractivity contribution in [3.63, 3.8) is 0 Å². The Hall–Kier alpha value is -1.62. The maximum atomic E-state index is 13.9. The summed E-state index contributed by atoms with van der Waals surface area (Å²) in [6, 6.07) is 0. The first-order chi connectivity index (χ1) is 25.4. The number of halogens is 39. The van der Waals surface area contributed by atoms with Crippen LogP contribution < -0.4 is 56.5 Å². The van der Waals surface area contributed by atoms with Gasteiger partial charge in [-0.2, -0.15) is 171 Å². The third-order valence-corrected chi connectivity index (χ3v) is 7.32. The number of aliphatic carboxylic acids is 1. The zero-order chi connectivity index (χ0) is 51.1. The van der Waals surface area contributed by atoms with E-state index in [1.54, 1.807) is 0 Å². The van der Waals surface area contributed by atoms with E-state index in [2.05, 4.69) is 0 Å². The maximum Gasteiger partial charge on any atom is 1.00 e. The topological polar surface area (TPSA) is 40.1 Å². The molecule has 0 aliphatic heterocycles. The number of rotatable bonds is 18. The number of carboxylic acids is 1. The predicted octanol–water partition coefficient (Wildman–Crippen LogP) is 7.74. The van der Waals surface area contributed by atoms with Gasteiger partial charge in [0.05, 0.1) is 0 Å². The van der Waals surface area contributed by atoms with E-state index in [4.69, 9.17) is 0 Å². The summed E-state index contributed by atoms with van der Waals surface area (Å²) in [5.74, 6) is -185. The molecule has 0 atom stereocenters. The van der Waals surface area contributed by atoms with Gasteiger partial charge < -0.3 is 9.90 Å². The summed E-state index contributed by atoms with van der Waals surface area (Å²) in [6.45, 7) is 0. The zero-order valence-corrected chi connectivity index (χ0v) is 29.7. The Balaban J connectivity index is 0. The van der Waals surface area contributed by atoms with Crippen molar-refractivity contribution in [2.45, 2.75) is 113 Å². The van der Waals surface area contributed by atoms with Crippen molar-refractivity contribution in [1.29, 1.82) is 0 Å². The minimum Gasteiger partial charge on any atom is -0.544 e. The number of carbonyl (C=O) groups is 1. The predicted molar refractivity (Wildman–Crippen MR) is 100 cm³/mol. The molecular weight excluding hydrogens is 1050 g/mol. The molecule has 0 aliphatic carbocycles. The zero-order valence-electron chi connectivity index (χ0n) is 26.6.